The van der Waals surface area contributed by atoms with Gasteiger partial charge in [-0.15, -0.1) is 0 Å². The number of furan rings is 1. The summed E-state index contributed by atoms with van der Waals surface area (Å²) in [5.41, 5.74) is 6.92. The zero-order valence-electron chi connectivity index (χ0n) is 10.9. The van der Waals surface area contributed by atoms with E-state index in [2.05, 4.69) is 0 Å². The second-order valence-electron chi connectivity index (χ2n) is 4.62. The molecular weight excluding hydrogens is 270 g/mol. The number of rotatable bonds is 4. The van der Waals surface area contributed by atoms with Crippen LogP contribution >= 0.6 is 0 Å². The predicted octanol–water partition coefficient (Wildman–Crippen LogP) is 3.24. The van der Waals surface area contributed by atoms with Gasteiger partial charge in [0.1, 0.15) is 11.3 Å². The van der Waals surface area contributed by atoms with E-state index in [1.54, 1.807) is 0 Å². The molecule has 2 N–H and O–H groups in total. The van der Waals surface area contributed by atoms with Gasteiger partial charge in [0.25, 0.3) is 0 Å². The molecular formula is C16H15NO2S. The lowest BCUT2D eigenvalue weighted by atomic mass is 10.2. The summed E-state index contributed by atoms with van der Waals surface area (Å²) < 4.78 is 17.9. The Kier molecular flexibility index (Phi) is 3.67. The highest BCUT2D eigenvalue weighted by atomic mass is 32.2. The van der Waals surface area contributed by atoms with E-state index in [4.69, 9.17) is 10.2 Å². The summed E-state index contributed by atoms with van der Waals surface area (Å²) in [6, 6.07) is 18.6. The quantitative estimate of drug-likeness (QED) is 0.800. The molecule has 20 heavy (non-hydrogen) atoms. The Labute approximate surface area is 119 Å². The molecule has 1 heterocycles. The fourth-order valence-corrected chi connectivity index (χ4v) is 3.24. The van der Waals surface area contributed by atoms with Crippen LogP contribution in [-0.4, -0.2) is 9.96 Å². The molecule has 0 spiro atoms. The molecule has 0 radical (unpaired) electrons. The molecule has 102 valence electrons. The van der Waals surface area contributed by atoms with Crippen molar-refractivity contribution in [1.29, 1.82) is 0 Å². The summed E-state index contributed by atoms with van der Waals surface area (Å²) in [5, 5.41) is 1.02. The highest BCUT2D eigenvalue weighted by molar-refractivity contribution is 7.85. The fraction of sp³-hybridized carbons (Fsp3) is 0.125. The number of nitrogens with two attached hydrogens (primary N) is 1. The van der Waals surface area contributed by atoms with Gasteiger partial charge in [0, 0.05) is 10.3 Å². The van der Waals surface area contributed by atoms with Crippen LogP contribution in [0.2, 0.25) is 0 Å². The monoisotopic (exact) mass is 285 g/mol. The van der Waals surface area contributed by atoms with Crippen molar-refractivity contribution >= 4 is 21.8 Å². The number of hydrogen-bond donors (Lipinski definition) is 1. The minimum Gasteiger partial charge on any atom is -0.459 e. The van der Waals surface area contributed by atoms with Gasteiger partial charge in [-0.3, -0.25) is 4.21 Å². The van der Waals surface area contributed by atoms with E-state index in [9.17, 15) is 4.21 Å². The molecule has 0 aliphatic carbocycles. The molecule has 2 atom stereocenters. The molecule has 0 fully saturated rings. The first kappa shape index (κ1) is 13.1. The molecule has 0 amide bonds. The summed E-state index contributed by atoms with van der Waals surface area (Å²) in [7, 11) is -1.12. The minimum atomic E-state index is -1.12. The molecule has 2 aromatic carbocycles. The Morgan fingerprint density at radius 3 is 2.50 bits per heavy atom. The standard InChI is InChI=1S/C16H15NO2S/c17-14(11-20(18)13-7-2-1-3-8-13)16-10-12-6-4-5-9-15(12)19-16/h1-10,14H,11,17H2. The first-order valence-corrected chi connectivity index (χ1v) is 7.73. The first-order chi connectivity index (χ1) is 9.74. The summed E-state index contributed by atoms with van der Waals surface area (Å²) in [6.07, 6.45) is 0. The van der Waals surface area contributed by atoms with E-state index in [0.717, 1.165) is 15.9 Å². The van der Waals surface area contributed by atoms with E-state index in [-0.39, 0.29) is 6.04 Å². The Hall–Kier alpha value is -1.91. The van der Waals surface area contributed by atoms with Crippen molar-refractivity contribution in [3.8, 4) is 0 Å². The molecule has 2 unspecified atom stereocenters. The van der Waals surface area contributed by atoms with Gasteiger partial charge in [-0.25, -0.2) is 0 Å². The van der Waals surface area contributed by atoms with Gasteiger partial charge in [0.15, 0.2) is 0 Å². The molecule has 0 aliphatic heterocycles. The molecule has 0 saturated carbocycles. The minimum absolute atomic E-state index is 0.351. The van der Waals surface area contributed by atoms with Crippen LogP contribution in [0.5, 0.6) is 0 Å². The Morgan fingerprint density at radius 2 is 1.75 bits per heavy atom. The average Bonchev–Trinajstić information content (AvgIpc) is 2.92. The van der Waals surface area contributed by atoms with Gasteiger partial charge < -0.3 is 10.2 Å². The highest BCUT2D eigenvalue weighted by Crippen LogP contribution is 2.23. The van der Waals surface area contributed by atoms with Gasteiger partial charge in [-0.1, -0.05) is 36.4 Å². The maximum atomic E-state index is 12.2. The number of fused-ring (bicyclic) bond motifs is 1. The molecule has 1 aromatic heterocycles. The van der Waals surface area contributed by atoms with Crippen LogP contribution in [0.15, 0.2) is 70.0 Å². The Bertz CT molecular complexity index is 703. The highest BCUT2D eigenvalue weighted by Gasteiger charge is 2.16. The largest absolute Gasteiger partial charge is 0.459 e. The summed E-state index contributed by atoms with van der Waals surface area (Å²) in [4.78, 5) is 0.791. The van der Waals surface area contributed by atoms with Gasteiger partial charge in [-0.2, -0.15) is 0 Å². The van der Waals surface area contributed by atoms with Crippen LogP contribution in [0, 0.1) is 0 Å². The molecule has 3 rings (SSSR count). The SMILES string of the molecule is NC(CS(=O)c1ccccc1)c1cc2ccccc2o1. The molecule has 3 nitrogen and oxygen atoms in total. The topological polar surface area (TPSA) is 56.2 Å². The third kappa shape index (κ3) is 2.66. The molecule has 0 bridgehead atoms. The number of para-hydroxylation sites is 1. The maximum absolute atomic E-state index is 12.2. The third-order valence-corrected chi connectivity index (χ3v) is 4.61. The van der Waals surface area contributed by atoms with E-state index >= 15 is 0 Å². The predicted molar refractivity (Wildman–Crippen MR) is 80.9 cm³/mol. The summed E-state index contributed by atoms with van der Waals surface area (Å²) >= 11 is 0. The van der Waals surface area contributed by atoms with Crippen molar-refractivity contribution in [3.63, 3.8) is 0 Å². The zero-order chi connectivity index (χ0) is 13.9. The van der Waals surface area contributed by atoms with Crippen LogP contribution < -0.4 is 5.73 Å². The lowest BCUT2D eigenvalue weighted by Crippen LogP contribution is -2.17. The van der Waals surface area contributed by atoms with Crippen LogP contribution in [-0.2, 0) is 10.8 Å². The lowest BCUT2D eigenvalue weighted by molar-refractivity contribution is 0.513. The van der Waals surface area contributed by atoms with Crippen molar-refractivity contribution in [2.24, 2.45) is 5.73 Å². The summed E-state index contributed by atoms with van der Waals surface area (Å²) in [6.45, 7) is 0. The second-order valence-corrected chi connectivity index (χ2v) is 6.11. The molecule has 0 aliphatic rings. The second kappa shape index (κ2) is 5.61. The van der Waals surface area contributed by atoms with Crippen LogP contribution in [0.1, 0.15) is 11.8 Å². The van der Waals surface area contributed by atoms with Gasteiger partial charge in [-0.05, 0) is 24.3 Å². The molecule has 4 heteroatoms. The van der Waals surface area contributed by atoms with Crippen molar-refractivity contribution in [2.45, 2.75) is 10.9 Å². The lowest BCUT2D eigenvalue weighted by Gasteiger charge is -2.08. The summed E-state index contributed by atoms with van der Waals surface area (Å²) in [5.74, 6) is 1.03. The van der Waals surface area contributed by atoms with Crippen molar-refractivity contribution in [1.82, 2.24) is 0 Å². The smallest absolute Gasteiger partial charge is 0.134 e. The van der Waals surface area contributed by atoms with Crippen LogP contribution in [0.25, 0.3) is 11.0 Å². The van der Waals surface area contributed by atoms with Crippen molar-refractivity contribution < 1.29 is 8.63 Å². The van der Waals surface area contributed by atoms with Crippen molar-refractivity contribution in [2.75, 3.05) is 5.75 Å². The Morgan fingerprint density at radius 1 is 1.05 bits per heavy atom. The van der Waals surface area contributed by atoms with Crippen LogP contribution in [0.4, 0.5) is 0 Å². The normalized spacial score (nSPS) is 14.2. The fourth-order valence-electron chi connectivity index (χ4n) is 2.10. The molecule has 3 aromatic rings. The Balaban J connectivity index is 1.79. The van der Waals surface area contributed by atoms with Gasteiger partial charge in [0.2, 0.25) is 0 Å². The average molecular weight is 285 g/mol. The van der Waals surface area contributed by atoms with Gasteiger partial charge >= 0.3 is 0 Å². The van der Waals surface area contributed by atoms with E-state index in [1.807, 2.05) is 60.7 Å². The first-order valence-electron chi connectivity index (χ1n) is 6.41. The van der Waals surface area contributed by atoms with Gasteiger partial charge in [0.05, 0.1) is 22.6 Å². The van der Waals surface area contributed by atoms with E-state index in [1.165, 1.54) is 0 Å². The molecule has 0 saturated heterocycles. The van der Waals surface area contributed by atoms with Crippen molar-refractivity contribution in [3.05, 3.63) is 66.4 Å². The van der Waals surface area contributed by atoms with Crippen LogP contribution in [0.3, 0.4) is 0 Å². The third-order valence-electron chi connectivity index (χ3n) is 3.15. The number of benzene rings is 2. The maximum Gasteiger partial charge on any atom is 0.134 e. The number of hydrogen-bond acceptors (Lipinski definition) is 3. The zero-order valence-corrected chi connectivity index (χ0v) is 11.7. The van der Waals surface area contributed by atoms with E-state index < -0.39 is 10.8 Å². The van der Waals surface area contributed by atoms with E-state index in [0.29, 0.717) is 11.5 Å².